The van der Waals surface area contributed by atoms with E-state index in [-0.39, 0.29) is 11.2 Å². The Morgan fingerprint density at radius 1 is 0.824 bits per heavy atom. The summed E-state index contributed by atoms with van der Waals surface area (Å²) in [5.74, 6) is 1.31. The molecule has 0 atom stereocenters. The molecule has 0 saturated carbocycles. The Bertz CT molecular complexity index is 352. The lowest BCUT2D eigenvalue weighted by Crippen LogP contribution is -2.24. The molecule has 0 bridgehead atoms. The molecule has 0 heterocycles. The number of benzene rings is 1. The standard InChI is InChI=1S/C14H21ClO2/c1-13(2,3)16-10-8-7-9-11(12(10)15)17-14(4,5)6/h7-9H,1-6H3. The second-order valence-electron chi connectivity index (χ2n) is 6.00. The molecule has 1 aromatic rings. The van der Waals surface area contributed by atoms with Crippen LogP contribution in [0, 0.1) is 0 Å². The van der Waals surface area contributed by atoms with E-state index in [1.165, 1.54) is 0 Å². The van der Waals surface area contributed by atoms with Crippen molar-refractivity contribution in [1.29, 1.82) is 0 Å². The highest BCUT2D eigenvalue weighted by Gasteiger charge is 2.19. The van der Waals surface area contributed by atoms with Crippen molar-refractivity contribution in [3.05, 3.63) is 23.2 Å². The maximum Gasteiger partial charge on any atom is 0.142 e. The average molecular weight is 257 g/mol. The third-order valence-corrected chi connectivity index (χ3v) is 2.13. The number of rotatable bonds is 2. The molecular weight excluding hydrogens is 236 g/mol. The number of halogens is 1. The fraction of sp³-hybridized carbons (Fsp3) is 0.571. The van der Waals surface area contributed by atoms with Crippen molar-refractivity contribution < 1.29 is 9.47 Å². The van der Waals surface area contributed by atoms with Crippen LogP contribution in [0.3, 0.4) is 0 Å². The smallest absolute Gasteiger partial charge is 0.142 e. The van der Waals surface area contributed by atoms with E-state index in [1.54, 1.807) is 0 Å². The Hall–Kier alpha value is -0.890. The van der Waals surface area contributed by atoms with Crippen LogP contribution in [0.15, 0.2) is 18.2 Å². The highest BCUT2D eigenvalue weighted by atomic mass is 35.5. The van der Waals surface area contributed by atoms with Crippen LogP contribution in [0.4, 0.5) is 0 Å². The van der Waals surface area contributed by atoms with Gasteiger partial charge in [0, 0.05) is 0 Å². The molecule has 0 saturated heterocycles. The van der Waals surface area contributed by atoms with E-state index in [2.05, 4.69) is 0 Å². The van der Waals surface area contributed by atoms with Gasteiger partial charge in [0.15, 0.2) is 0 Å². The molecule has 0 N–H and O–H groups in total. The molecule has 0 aliphatic heterocycles. The van der Waals surface area contributed by atoms with Crippen molar-refractivity contribution in [3.63, 3.8) is 0 Å². The first-order valence-corrected chi connectivity index (χ1v) is 6.13. The van der Waals surface area contributed by atoms with Crippen LogP contribution in [-0.2, 0) is 0 Å². The summed E-state index contributed by atoms with van der Waals surface area (Å²) in [6.45, 7) is 11.9. The summed E-state index contributed by atoms with van der Waals surface area (Å²) in [5, 5.41) is 0.525. The SMILES string of the molecule is CC(C)(C)Oc1cccc(OC(C)(C)C)c1Cl. The first-order chi connectivity index (χ1) is 7.58. The van der Waals surface area contributed by atoms with Crippen LogP contribution in [-0.4, -0.2) is 11.2 Å². The first kappa shape index (κ1) is 14.2. The maximum absolute atomic E-state index is 6.27. The minimum Gasteiger partial charge on any atom is -0.486 e. The molecule has 2 nitrogen and oxygen atoms in total. The molecule has 17 heavy (non-hydrogen) atoms. The highest BCUT2D eigenvalue weighted by molar-refractivity contribution is 6.33. The molecular formula is C14H21ClO2. The van der Waals surface area contributed by atoms with Gasteiger partial charge in [0.1, 0.15) is 27.7 Å². The Morgan fingerprint density at radius 2 is 1.18 bits per heavy atom. The predicted octanol–water partition coefficient (Wildman–Crippen LogP) is 4.69. The quantitative estimate of drug-likeness (QED) is 0.764. The molecule has 3 heteroatoms. The van der Waals surface area contributed by atoms with E-state index in [0.29, 0.717) is 16.5 Å². The van der Waals surface area contributed by atoms with Crippen LogP contribution in [0.1, 0.15) is 41.5 Å². The third kappa shape index (κ3) is 4.86. The van der Waals surface area contributed by atoms with Crippen molar-refractivity contribution in [2.45, 2.75) is 52.7 Å². The second-order valence-corrected chi connectivity index (χ2v) is 6.38. The molecule has 0 aliphatic carbocycles. The summed E-state index contributed by atoms with van der Waals surface area (Å²) in [4.78, 5) is 0. The summed E-state index contributed by atoms with van der Waals surface area (Å²) >= 11 is 6.27. The van der Waals surface area contributed by atoms with Gasteiger partial charge >= 0.3 is 0 Å². The van der Waals surface area contributed by atoms with Gasteiger partial charge in [0.2, 0.25) is 0 Å². The lowest BCUT2D eigenvalue weighted by molar-refractivity contribution is 0.121. The minimum absolute atomic E-state index is 0.274. The van der Waals surface area contributed by atoms with Gasteiger partial charge in [-0.3, -0.25) is 0 Å². The van der Waals surface area contributed by atoms with Gasteiger partial charge < -0.3 is 9.47 Å². The molecule has 0 amide bonds. The summed E-state index contributed by atoms with van der Waals surface area (Å²) in [6.07, 6.45) is 0. The van der Waals surface area contributed by atoms with Crippen molar-refractivity contribution in [2.24, 2.45) is 0 Å². The Kier molecular flexibility index (Phi) is 3.98. The average Bonchev–Trinajstić information content (AvgIpc) is 2.07. The normalized spacial score (nSPS) is 12.4. The van der Waals surface area contributed by atoms with Crippen molar-refractivity contribution in [3.8, 4) is 11.5 Å². The zero-order chi connectivity index (χ0) is 13.3. The van der Waals surface area contributed by atoms with Crippen LogP contribution in [0.2, 0.25) is 5.02 Å². The van der Waals surface area contributed by atoms with E-state index >= 15 is 0 Å². The van der Waals surface area contributed by atoms with E-state index in [1.807, 2.05) is 59.7 Å². The molecule has 1 aromatic carbocycles. The Balaban J connectivity index is 3.00. The topological polar surface area (TPSA) is 18.5 Å². The van der Waals surface area contributed by atoms with Gasteiger partial charge in [-0.2, -0.15) is 0 Å². The summed E-state index contributed by atoms with van der Waals surface area (Å²) in [7, 11) is 0. The van der Waals surface area contributed by atoms with Gasteiger partial charge in [0.05, 0.1) is 0 Å². The Labute approximate surface area is 109 Å². The van der Waals surface area contributed by atoms with Crippen molar-refractivity contribution in [1.82, 2.24) is 0 Å². The van der Waals surface area contributed by atoms with Gasteiger partial charge in [-0.15, -0.1) is 0 Å². The molecule has 0 unspecified atom stereocenters. The fourth-order valence-electron chi connectivity index (χ4n) is 1.31. The van der Waals surface area contributed by atoms with Gasteiger partial charge in [-0.1, -0.05) is 17.7 Å². The lowest BCUT2D eigenvalue weighted by atomic mass is 10.2. The Morgan fingerprint density at radius 3 is 1.47 bits per heavy atom. The predicted molar refractivity (Wildman–Crippen MR) is 72.2 cm³/mol. The second kappa shape index (κ2) is 4.77. The number of ether oxygens (including phenoxy) is 2. The molecule has 0 spiro atoms. The number of hydrogen-bond donors (Lipinski definition) is 0. The molecule has 96 valence electrons. The fourth-order valence-corrected chi connectivity index (χ4v) is 1.51. The summed E-state index contributed by atoms with van der Waals surface area (Å²) in [6, 6.07) is 5.58. The molecule has 1 rings (SSSR count). The maximum atomic E-state index is 6.27. The van der Waals surface area contributed by atoms with Crippen LogP contribution >= 0.6 is 11.6 Å². The zero-order valence-electron chi connectivity index (χ0n) is 11.4. The lowest BCUT2D eigenvalue weighted by Gasteiger charge is -2.25. The van der Waals surface area contributed by atoms with E-state index < -0.39 is 0 Å². The van der Waals surface area contributed by atoms with Crippen molar-refractivity contribution >= 4 is 11.6 Å². The summed E-state index contributed by atoms with van der Waals surface area (Å²) in [5.41, 5.74) is -0.548. The van der Waals surface area contributed by atoms with Gasteiger partial charge in [0.25, 0.3) is 0 Å². The molecule has 0 fully saturated rings. The zero-order valence-corrected chi connectivity index (χ0v) is 12.2. The van der Waals surface area contributed by atoms with E-state index in [4.69, 9.17) is 21.1 Å². The monoisotopic (exact) mass is 256 g/mol. The minimum atomic E-state index is -0.274. The van der Waals surface area contributed by atoms with E-state index in [9.17, 15) is 0 Å². The van der Waals surface area contributed by atoms with Crippen LogP contribution in [0.25, 0.3) is 0 Å². The number of hydrogen-bond acceptors (Lipinski definition) is 2. The summed E-state index contributed by atoms with van der Waals surface area (Å²) < 4.78 is 11.6. The van der Waals surface area contributed by atoms with Gasteiger partial charge in [-0.05, 0) is 53.7 Å². The van der Waals surface area contributed by atoms with Gasteiger partial charge in [-0.25, -0.2) is 0 Å². The van der Waals surface area contributed by atoms with E-state index in [0.717, 1.165) is 0 Å². The first-order valence-electron chi connectivity index (χ1n) is 5.75. The van der Waals surface area contributed by atoms with Crippen LogP contribution in [0.5, 0.6) is 11.5 Å². The largest absolute Gasteiger partial charge is 0.486 e. The third-order valence-electron chi connectivity index (χ3n) is 1.76. The molecule has 0 aliphatic rings. The molecule has 0 radical (unpaired) electrons. The van der Waals surface area contributed by atoms with Crippen LogP contribution < -0.4 is 9.47 Å². The highest BCUT2D eigenvalue weighted by Crippen LogP contribution is 2.37. The van der Waals surface area contributed by atoms with Crippen molar-refractivity contribution in [2.75, 3.05) is 0 Å². The molecule has 0 aromatic heterocycles.